The Morgan fingerprint density at radius 3 is 2.59 bits per heavy atom. The lowest BCUT2D eigenvalue weighted by Gasteiger charge is -2.15. The minimum Gasteiger partial charge on any atom is -0.368 e. The number of unbranched alkanes of at least 4 members (excludes halogenated alkanes) is 1. The summed E-state index contributed by atoms with van der Waals surface area (Å²) in [5.41, 5.74) is 4.02. The molecule has 7 heteroatoms. The zero-order valence-electron chi connectivity index (χ0n) is 11.6. The van der Waals surface area contributed by atoms with Crippen molar-refractivity contribution >= 4 is 11.8 Å². The third-order valence-electron chi connectivity index (χ3n) is 2.91. The lowest BCUT2D eigenvalue weighted by Crippen LogP contribution is -2.44. The molecular weight excluding hydrogens is 297 g/mol. The fourth-order valence-electron chi connectivity index (χ4n) is 1.77. The topological polar surface area (TPSA) is 72.2 Å². The Bertz CT molecular complexity index is 591. The van der Waals surface area contributed by atoms with Crippen LogP contribution in [-0.2, 0) is 11.0 Å². The van der Waals surface area contributed by atoms with E-state index in [1.807, 2.05) is 0 Å². The van der Waals surface area contributed by atoms with Gasteiger partial charge in [-0.3, -0.25) is 9.59 Å². The van der Waals surface area contributed by atoms with E-state index < -0.39 is 29.6 Å². The summed E-state index contributed by atoms with van der Waals surface area (Å²) in [6.07, 6.45) is 1.63. The number of terminal acetylenes is 1. The van der Waals surface area contributed by atoms with Gasteiger partial charge in [-0.25, -0.2) is 0 Å². The first-order chi connectivity index (χ1) is 10.3. The van der Waals surface area contributed by atoms with Crippen molar-refractivity contribution in [2.24, 2.45) is 5.73 Å². The van der Waals surface area contributed by atoms with Crippen LogP contribution >= 0.6 is 0 Å². The van der Waals surface area contributed by atoms with Crippen molar-refractivity contribution in [1.82, 2.24) is 5.32 Å². The van der Waals surface area contributed by atoms with Gasteiger partial charge in [-0.15, -0.1) is 12.3 Å². The molecule has 0 fully saturated rings. The Labute approximate surface area is 125 Å². The summed E-state index contributed by atoms with van der Waals surface area (Å²) in [7, 11) is 0. The predicted molar refractivity (Wildman–Crippen MR) is 74.6 cm³/mol. The molecule has 1 rings (SSSR count). The summed E-state index contributed by atoms with van der Waals surface area (Å²) in [5, 5.41) is 2.32. The van der Waals surface area contributed by atoms with Gasteiger partial charge in [0.15, 0.2) is 0 Å². The van der Waals surface area contributed by atoms with Crippen LogP contribution in [0.3, 0.4) is 0 Å². The highest BCUT2D eigenvalue weighted by molar-refractivity contribution is 5.97. The molecule has 0 aliphatic carbocycles. The molecule has 4 nitrogen and oxygen atoms in total. The highest BCUT2D eigenvalue weighted by atomic mass is 19.4. The number of rotatable bonds is 6. The van der Waals surface area contributed by atoms with Gasteiger partial charge in [0.25, 0.3) is 5.91 Å². The number of alkyl halides is 3. The lowest BCUT2D eigenvalue weighted by atomic mass is 10.1. The highest BCUT2D eigenvalue weighted by Gasteiger charge is 2.31. The summed E-state index contributed by atoms with van der Waals surface area (Å²) < 4.78 is 37.8. The molecule has 1 atom stereocenters. The minimum atomic E-state index is -4.55. The molecule has 0 spiro atoms. The summed E-state index contributed by atoms with van der Waals surface area (Å²) >= 11 is 0. The van der Waals surface area contributed by atoms with Crippen LogP contribution in [0.4, 0.5) is 13.2 Å². The summed E-state index contributed by atoms with van der Waals surface area (Å²) in [6, 6.07) is 2.94. The Morgan fingerprint density at radius 2 is 2.05 bits per heavy atom. The first-order valence-corrected chi connectivity index (χ1v) is 6.46. The molecule has 118 valence electrons. The van der Waals surface area contributed by atoms with Crippen molar-refractivity contribution < 1.29 is 22.8 Å². The number of carbonyl (C=O) groups is 2. The average Bonchev–Trinajstić information content (AvgIpc) is 2.45. The fourth-order valence-corrected chi connectivity index (χ4v) is 1.77. The maximum Gasteiger partial charge on any atom is 0.416 e. The van der Waals surface area contributed by atoms with Gasteiger partial charge < -0.3 is 11.1 Å². The van der Waals surface area contributed by atoms with Crippen LogP contribution in [0.15, 0.2) is 24.3 Å². The minimum absolute atomic E-state index is 0.196. The molecule has 0 unspecified atom stereocenters. The number of nitrogens with two attached hydrogens (primary N) is 1. The third-order valence-corrected chi connectivity index (χ3v) is 2.91. The molecule has 0 saturated carbocycles. The van der Waals surface area contributed by atoms with E-state index in [4.69, 9.17) is 12.2 Å². The molecule has 2 amide bonds. The normalized spacial score (nSPS) is 12.3. The van der Waals surface area contributed by atoms with Crippen molar-refractivity contribution in [2.45, 2.75) is 31.5 Å². The van der Waals surface area contributed by atoms with E-state index in [1.165, 1.54) is 6.07 Å². The molecule has 1 aromatic carbocycles. The number of primary amides is 1. The maximum atomic E-state index is 12.6. The van der Waals surface area contributed by atoms with Crippen LogP contribution in [0.1, 0.15) is 35.2 Å². The number of hydrogen-bond donors (Lipinski definition) is 2. The van der Waals surface area contributed by atoms with Crippen molar-refractivity contribution in [3.8, 4) is 12.3 Å². The van der Waals surface area contributed by atoms with E-state index in [9.17, 15) is 22.8 Å². The predicted octanol–water partition coefficient (Wildman–Crippen LogP) is 2.09. The Balaban J connectivity index is 2.82. The van der Waals surface area contributed by atoms with Crippen molar-refractivity contribution in [2.75, 3.05) is 0 Å². The Hall–Kier alpha value is -2.49. The van der Waals surface area contributed by atoms with Gasteiger partial charge in [0.1, 0.15) is 6.04 Å². The molecule has 0 aliphatic rings. The molecule has 0 aromatic heterocycles. The van der Waals surface area contributed by atoms with Crippen LogP contribution in [0.25, 0.3) is 0 Å². The first kappa shape index (κ1) is 17.6. The van der Waals surface area contributed by atoms with E-state index in [0.29, 0.717) is 12.8 Å². The second kappa shape index (κ2) is 7.50. The molecule has 3 N–H and O–H groups in total. The van der Waals surface area contributed by atoms with E-state index in [-0.39, 0.29) is 12.0 Å². The standard InChI is InChI=1S/C15H15F3N2O2/c1-2-3-4-8-12(13(19)21)20-14(22)10-6-5-7-11(9-10)15(16,17)18/h1,5-7,9,12H,3-4,8H2,(H2,19,21)(H,20,22)/t12-/m1/s1. The van der Waals surface area contributed by atoms with Crippen molar-refractivity contribution in [1.29, 1.82) is 0 Å². The Morgan fingerprint density at radius 1 is 1.36 bits per heavy atom. The number of benzene rings is 1. The van der Waals surface area contributed by atoms with Gasteiger partial charge in [-0.2, -0.15) is 13.2 Å². The SMILES string of the molecule is C#CCCC[C@@H](NC(=O)c1cccc(C(F)(F)F)c1)C(N)=O. The largest absolute Gasteiger partial charge is 0.416 e. The van der Waals surface area contributed by atoms with Gasteiger partial charge >= 0.3 is 6.18 Å². The van der Waals surface area contributed by atoms with Gasteiger partial charge in [0.2, 0.25) is 5.91 Å². The first-order valence-electron chi connectivity index (χ1n) is 6.46. The molecule has 0 aliphatic heterocycles. The zero-order chi connectivity index (χ0) is 16.8. The molecule has 0 heterocycles. The molecule has 0 radical (unpaired) electrons. The van der Waals surface area contributed by atoms with E-state index in [0.717, 1.165) is 18.2 Å². The number of nitrogens with one attached hydrogen (secondary N) is 1. The van der Waals surface area contributed by atoms with Crippen LogP contribution in [0.2, 0.25) is 0 Å². The van der Waals surface area contributed by atoms with Crippen molar-refractivity contribution in [3.63, 3.8) is 0 Å². The smallest absolute Gasteiger partial charge is 0.368 e. The van der Waals surface area contributed by atoms with E-state index >= 15 is 0 Å². The molecule has 22 heavy (non-hydrogen) atoms. The van der Waals surface area contributed by atoms with Crippen LogP contribution in [0.5, 0.6) is 0 Å². The number of hydrogen-bond acceptors (Lipinski definition) is 2. The maximum absolute atomic E-state index is 12.6. The summed E-state index contributed by atoms with van der Waals surface area (Å²) in [4.78, 5) is 23.2. The van der Waals surface area contributed by atoms with E-state index in [1.54, 1.807) is 0 Å². The third kappa shape index (κ3) is 5.13. The second-order valence-electron chi connectivity index (χ2n) is 4.60. The molecule has 1 aromatic rings. The second-order valence-corrected chi connectivity index (χ2v) is 4.60. The zero-order valence-corrected chi connectivity index (χ0v) is 11.6. The van der Waals surface area contributed by atoms with Crippen LogP contribution in [0, 0.1) is 12.3 Å². The fraction of sp³-hybridized carbons (Fsp3) is 0.333. The number of halogens is 3. The quantitative estimate of drug-likeness (QED) is 0.623. The van der Waals surface area contributed by atoms with E-state index in [2.05, 4.69) is 11.2 Å². The lowest BCUT2D eigenvalue weighted by molar-refractivity contribution is -0.137. The van der Waals surface area contributed by atoms with Crippen LogP contribution in [-0.4, -0.2) is 17.9 Å². The van der Waals surface area contributed by atoms with Gasteiger partial charge in [0.05, 0.1) is 5.56 Å². The summed E-state index contributed by atoms with van der Waals surface area (Å²) in [6.45, 7) is 0. The Kier molecular flexibility index (Phi) is 5.99. The summed E-state index contributed by atoms with van der Waals surface area (Å²) in [5.74, 6) is 0.819. The van der Waals surface area contributed by atoms with Gasteiger partial charge in [0, 0.05) is 12.0 Å². The van der Waals surface area contributed by atoms with Crippen LogP contribution < -0.4 is 11.1 Å². The molecular formula is C15H15F3N2O2. The number of amides is 2. The average molecular weight is 312 g/mol. The number of carbonyl (C=O) groups excluding carboxylic acids is 2. The van der Waals surface area contributed by atoms with Gasteiger partial charge in [-0.1, -0.05) is 6.07 Å². The molecule has 0 saturated heterocycles. The van der Waals surface area contributed by atoms with Crippen molar-refractivity contribution in [3.05, 3.63) is 35.4 Å². The molecule has 0 bridgehead atoms. The highest BCUT2D eigenvalue weighted by Crippen LogP contribution is 2.29. The monoisotopic (exact) mass is 312 g/mol. The van der Waals surface area contributed by atoms with Gasteiger partial charge in [-0.05, 0) is 31.0 Å².